The zero-order valence-corrected chi connectivity index (χ0v) is 14.0. The lowest BCUT2D eigenvalue weighted by Crippen LogP contribution is -2.51. The first-order valence-corrected chi connectivity index (χ1v) is 8.24. The molecule has 0 N–H and O–H groups in total. The molecule has 1 unspecified atom stereocenters. The van der Waals surface area contributed by atoms with Crippen LogP contribution < -0.4 is 0 Å². The van der Waals surface area contributed by atoms with Crippen molar-refractivity contribution < 1.29 is 9.59 Å². The van der Waals surface area contributed by atoms with Gasteiger partial charge in [-0.2, -0.15) is 0 Å². The zero-order valence-electron chi connectivity index (χ0n) is 13.2. The lowest BCUT2D eigenvalue weighted by Gasteiger charge is -2.36. The normalized spacial score (nSPS) is 16.5. The van der Waals surface area contributed by atoms with Gasteiger partial charge >= 0.3 is 0 Å². The number of hydrogen-bond acceptors (Lipinski definition) is 2. The minimum Gasteiger partial charge on any atom is -0.339 e. The number of amides is 2. The van der Waals surface area contributed by atoms with E-state index >= 15 is 0 Å². The minimum atomic E-state index is -0.0174. The Morgan fingerprint density at radius 2 is 1.82 bits per heavy atom. The van der Waals surface area contributed by atoms with Crippen LogP contribution in [-0.2, 0) is 4.79 Å². The van der Waals surface area contributed by atoms with E-state index in [-0.39, 0.29) is 17.7 Å². The molecule has 1 aliphatic heterocycles. The Morgan fingerprint density at radius 3 is 2.41 bits per heavy atom. The monoisotopic (exact) mass is 322 g/mol. The summed E-state index contributed by atoms with van der Waals surface area (Å²) < 4.78 is 0. The first kappa shape index (κ1) is 16.8. The maximum Gasteiger partial charge on any atom is 0.254 e. The van der Waals surface area contributed by atoms with Crippen LogP contribution in [0.2, 0.25) is 5.02 Å². The Balaban J connectivity index is 1.92. The van der Waals surface area contributed by atoms with E-state index in [0.29, 0.717) is 36.8 Å². The van der Waals surface area contributed by atoms with Crippen LogP contribution in [0, 0.1) is 5.92 Å². The van der Waals surface area contributed by atoms with Crippen molar-refractivity contribution in [1.29, 1.82) is 0 Å². The molecule has 1 fully saturated rings. The predicted octanol–water partition coefficient (Wildman–Crippen LogP) is 3.06. The minimum absolute atomic E-state index is 0.0174. The van der Waals surface area contributed by atoms with Crippen LogP contribution in [0.1, 0.15) is 37.0 Å². The number of piperazine rings is 1. The molecule has 0 aromatic heterocycles. The third-order valence-electron chi connectivity index (χ3n) is 4.09. The van der Waals surface area contributed by atoms with E-state index in [1.807, 2.05) is 11.8 Å². The number of rotatable bonds is 4. The Bertz CT molecular complexity index is 539. The van der Waals surface area contributed by atoms with Gasteiger partial charge in [0.05, 0.1) is 0 Å². The summed E-state index contributed by atoms with van der Waals surface area (Å²) in [5.41, 5.74) is 0.603. The molecule has 22 heavy (non-hydrogen) atoms. The molecule has 120 valence electrons. The van der Waals surface area contributed by atoms with Crippen LogP contribution >= 0.6 is 11.6 Å². The highest BCUT2D eigenvalue weighted by atomic mass is 35.5. The SMILES string of the molecule is CCCC(C)C(=O)N1CCN(C(=O)c2cccc(Cl)c2)CC1. The van der Waals surface area contributed by atoms with Gasteiger partial charge in [-0.15, -0.1) is 0 Å². The van der Waals surface area contributed by atoms with Crippen molar-refractivity contribution in [2.24, 2.45) is 5.92 Å². The molecule has 0 saturated carbocycles. The third kappa shape index (κ3) is 4.01. The van der Waals surface area contributed by atoms with Crippen LogP contribution in [0.3, 0.4) is 0 Å². The average Bonchev–Trinajstić information content (AvgIpc) is 2.54. The lowest BCUT2D eigenvalue weighted by molar-refractivity contribution is -0.136. The summed E-state index contributed by atoms with van der Waals surface area (Å²) in [6, 6.07) is 6.99. The summed E-state index contributed by atoms with van der Waals surface area (Å²) in [7, 11) is 0. The van der Waals surface area contributed by atoms with Gasteiger partial charge in [-0.1, -0.05) is 37.9 Å². The Kier molecular flexibility index (Phi) is 5.83. The Hall–Kier alpha value is -1.55. The van der Waals surface area contributed by atoms with Crippen LogP contribution in [0.25, 0.3) is 0 Å². The number of halogens is 1. The van der Waals surface area contributed by atoms with E-state index in [4.69, 9.17) is 11.6 Å². The van der Waals surface area contributed by atoms with Gasteiger partial charge in [0.15, 0.2) is 0 Å². The van der Waals surface area contributed by atoms with Gasteiger partial charge in [-0.25, -0.2) is 0 Å². The van der Waals surface area contributed by atoms with Crippen molar-refractivity contribution in [2.45, 2.75) is 26.7 Å². The first-order chi connectivity index (χ1) is 10.5. The summed E-state index contributed by atoms with van der Waals surface area (Å²) in [5.74, 6) is 0.257. The van der Waals surface area contributed by atoms with Crippen LogP contribution in [0.5, 0.6) is 0 Å². The second-order valence-corrected chi connectivity index (χ2v) is 6.25. The summed E-state index contributed by atoms with van der Waals surface area (Å²) in [6.45, 7) is 6.45. The Morgan fingerprint density at radius 1 is 1.18 bits per heavy atom. The van der Waals surface area contributed by atoms with Gasteiger partial charge in [0.2, 0.25) is 5.91 Å². The summed E-state index contributed by atoms with van der Waals surface area (Å²) in [4.78, 5) is 28.4. The molecule has 2 rings (SSSR count). The van der Waals surface area contributed by atoms with Crippen molar-refractivity contribution in [3.63, 3.8) is 0 Å². The molecule has 1 saturated heterocycles. The largest absolute Gasteiger partial charge is 0.339 e. The smallest absolute Gasteiger partial charge is 0.254 e. The van der Waals surface area contributed by atoms with Gasteiger partial charge in [0.25, 0.3) is 5.91 Å². The molecule has 1 atom stereocenters. The first-order valence-electron chi connectivity index (χ1n) is 7.86. The van der Waals surface area contributed by atoms with Gasteiger partial charge in [-0.05, 0) is 24.6 Å². The maximum atomic E-state index is 12.4. The number of hydrogen-bond donors (Lipinski definition) is 0. The highest BCUT2D eigenvalue weighted by Crippen LogP contribution is 2.16. The van der Waals surface area contributed by atoms with Crippen LogP contribution in [0.4, 0.5) is 0 Å². The Labute approximate surface area is 137 Å². The maximum absolute atomic E-state index is 12.4. The zero-order chi connectivity index (χ0) is 16.1. The van der Waals surface area contributed by atoms with Crippen molar-refractivity contribution in [1.82, 2.24) is 9.80 Å². The van der Waals surface area contributed by atoms with Gasteiger partial charge < -0.3 is 9.80 Å². The second-order valence-electron chi connectivity index (χ2n) is 5.82. The molecule has 1 heterocycles. The second kappa shape index (κ2) is 7.63. The molecule has 0 spiro atoms. The fourth-order valence-corrected chi connectivity index (χ4v) is 2.99. The molecule has 4 nitrogen and oxygen atoms in total. The van der Waals surface area contributed by atoms with Crippen LogP contribution in [0.15, 0.2) is 24.3 Å². The van der Waals surface area contributed by atoms with Gasteiger partial charge in [0, 0.05) is 42.7 Å². The third-order valence-corrected chi connectivity index (χ3v) is 4.33. The van der Waals surface area contributed by atoms with E-state index in [0.717, 1.165) is 12.8 Å². The molecule has 0 radical (unpaired) electrons. The molecule has 1 aromatic carbocycles. The average molecular weight is 323 g/mol. The summed E-state index contributed by atoms with van der Waals surface area (Å²) in [5, 5.41) is 0.563. The van der Waals surface area contributed by atoms with E-state index in [2.05, 4.69) is 6.92 Å². The van der Waals surface area contributed by atoms with Gasteiger partial charge in [-0.3, -0.25) is 9.59 Å². The molecular weight excluding hydrogens is 300 g/mol. The van der Waals surface area contributed by atoms with Crippen molar-refractivity contribution in [2.75, 3.05) is 26.2 Å². The molecule has 0 aliphatic carbocycles. The fourth-order valence-electron chi connectivity index (χ4n) is 2.80. The number of carbonyl (C=O) groups is 2. The van der Waals surface area contributed by atoms with Crippen molar-refractivity contribution >= 4 is 23.4 Å². The molecule has 1 aliphatic rings. The molecule has 5 heteroatoms. The quantitative estimate of drug-likeness (QED) is 0.854. The highest BCUT2D eigenvalue weighted by molar-refractivity contribution is 6.30. The van der Waals surface area contributed by atoms with E-state index in [1.54, 1.807) is 29.2 Å². The highest BCUT2D eigenvalue weighted by Gasteiger charge is 2.26. The van der Waals surface area contributed by atoms with E-state index < -0.39 is 0 Å². The van der Waals surface area contributed by atoms with Gasteiger partial charge in [0.1, 0.15) is 0 Å². The summed E-state index contributed by atoms with van der Waals surface area (Å²) in [6.07, 6.45) is 1.93. The predicted molar refractivity (Wildman–Crippen MR) is 88.0 cm³/mol. The number of benzene rings is 1. The molecule has 1 aromatic rings. The molecule has 2 amide bonds. The number of nitrogens with zero attached hydrogens (tertiary/aromatic N) is 2. The molecule has 0 bridgehead atoms. The van der Waals surface area contributed by atoms with Crippen molar-refractivity contribution in [3.8, 4) is 0 Å². The van der Waals surface area contributed by atoms with E-state index in [1.165, 1.54) is 0 Å². The standard InChI is InChI=1S/C17H23ClN2O2/c1-3-5-13(2)16(21)19-8-10-20(11-9-19)17(22)14-6-4-7-15(18)12-14/h4,6-7,12-13H,3,5,8-11H2,1-2H3. The fraction of sp³-hybridized carbons (Fsp3) is 0.529. The topological polar surface area (TPSA) is 40.6 Å². The number of carbonyl (C=O) groups excluding carboxylic acids is 2. The lowest BCUT2D eigenvalue weighted by atomic mass is 10.0. The van der Waals surface area contributed by atoms with Crippen molar-refractivity contribution in [3.05, 3.63) is 34.9 Å². The summed E-state index contributed by atoms with van der Waals surface area (Å²) >= 11 is 5.93. The molecular formula is C17H23ClN2O2. The van der Waals surface area contributed by atoms with E-state index in [9.17, 15) is 9.59 Å². The van der Waals surface area contributed by atoms with Crippen LogP contribution in [-0.4, -0.2) is 47.8 Å².